The highest BCUT2D eigenvalue weighted by Gasteiger charge is 2.31. The molecule has 0 saturated carbocycles. The second kappa shape index (κ2) is 7.88. The number of benzene rings is 1. The van der Waals surface area contributed by atoms with Crippen molar-refractivity contribution in [2.24, 2.45) is 0 Å². The van der Waals surface area contributed by atoms with Crippen LogP contribution in [0.2, 0.25) is 0 Å². The number of allylic oxidation sites excluding steroid dienone is 1. The lowest BCUT2D eigenvalue weighted by molar-refractivity contribution is 0.0694. The Labute approximate surface area is 152 Å². The van der Waals surface area contributed by atoms with E-state index < -0.39 is 33.2 Å². The van der Waals surface area contributed by atoms with Crippen LogP contribution in [-0.2, 0) is 15.5 Å². The summed E-state index contributed by atoms with van der Waals surface area (Å²) in [5.74, 6) is -3.03. The molecule has 8 nitrogen and oxygen atoms in total. The average molecular weight is 385 g/mol. The molecule has 1 rings (SSSR count). The van der Waals surface area contributed by atoms with Crippen molar-refractivity contribution in [3.05, 3.63) is 41.0 Å². The van der Waals surface area contributed by atoms with Crippen LogP contribution in [0.5, 0.6) is 0 Å². The molecule has 1 aromatic carbocycles. The molecule has 26 heavy (non-hydrogen) atoms. The quantitative estimate of drug-likeness (QED) is 0.289. The third kappa shape index (κ3) is 5.30. The van der Waals surface area contributed by atoms with Gasteiger partial charge >= 0.3 is 11.9 Å². The summed E-state index contributed by atoms with van der Waals surface area (Å²) in [7, 11) is -4.12. The van der Waals surface area contributed by atoms with Gasteiger partial charge in [-0.3, -0.25) is 4.55 Å². The standard InChI is InChI=1S/C17H23NO7S/c1-10(2)17(3,4)14-12(16(21)22)8-11(15(19)20)9-13(14)18-6-5-7-26(23,24)25/h8-9,18H,1,5-7H2,2-4H3,(H,19,20)(H,21,22)(H,23,24,25). The largest absolute Gasteiger partial charge is 0.478 e. The fourth-order valence-corrected chi connectivity index (χ4v) is 2.95. The van der Waals surface area contributed by atoms with E-state index >= 15 is 0 Å². The molecule has 0 radical (unpaired) electrons. The Morgan fingerprint density at radius 3 is 2.19 bits per heavy atom. The van der Waals surface area contributed by atoms with Crippen molar-refractivity contribution in [1.82, 2.24) is 0 Å². The van der Waals surface area contributed by atoms with Gasteiger partial charge in [-0.05, 0) is 31.0 Å². The first-order valence-electron chi connectivity index (χ1n) is 7.77. The molecule has 0 aliphatic heterocycles. The minimum absolute atomic E-state index is 0.0610. The predicted molar refractivity (Wildman–Crippen MR) is 97.7 cm³/mol. The van der Waals surface area contributed by atoms with Gasteiger partial charge in [0.05, 0.1) is 16.9 Å². The Kier molecular flexibility index (Phi) is 6.56. The summed E-state index contributed by atoms with van der Waals surface area (Å²) in [6, 6.07) is 2.40. The van der Waals surface area contributed by atoms with E-state index in [0.29, 0.717) is 11.1 Å². The minimum atomic E-state index is -4.12. The zero-order valence-corrected chi connectivity index (χ0v) is 15.7. The second-order valence-corrected chi connectivity index (χ2v) is 8.10. The van der Waals surface area contributed by atoms with E-state index in [4.69, 9.17) is 4.55 Å². The molecule has 0 aliphatic carbocycles. The van der Waals surface area contributed by atoms with E-state index in [2.05, 4.69) is 11.9 Å². The Hall–Kier alpha value is -2.39. The molecule has 0 amide bonds. The molecule has 0 atom stereocenters. The van der Waals surface area contributed by atoms with Gasteiger partial charge in [-0.1, -0.05) is 26.0 Å². The molecule has 0 aliphatic rings. The number of rotatable bonds is 9. The molecule has 9 heteroatoms. The number of carboxylic acids is 2. The first-order chi connectivity index (χ1) is 11.8. The zero-order chi connectivity index (χ0) is 20.3. The average Bonchev–Trinajstić information content (AvgIpc) is 2.49. The lowest BCUT2D eigenvalue weighted by Gasteiger charge is -2.30. The van der Waals surface area contributed by atoms with Crippen molar-refractivity contribution in [3.8, 4) is 0 Å². The first kappa shape index (κ1) is 21.7. The van der Waals surface area contributed by atoms with Crippen LogP contribution in [0.4, 0.5) is 5.69 Å². The summed E-state index contributed by atoms with van der Waals surface area (Å²) >= 11 is 0. The summed E-state index contributed by atoms with van der Waals surface area (Å²) in [5.41, 5.74) is 0.135. The number of nitrogens with one attached hydrogen (secondary N) is 1. The molecule has 0 saturated heterocycles. The molecule has 0 unspecified atom stereocenters. The van der Waals surface area contributed by atoms with Crippen LogP contribution in [0, 0.1) is 0 Å². The highest BCUT2D eigenvalue weighted by Crippen LogP contribution is 2.38. The summed E-state index contributed by atoms with van der Waals surface area (Å²) in [6.07, 6.45) is 0.0610. The molecule has 0 heterocycles. The van der Waals surface area contributed by atoms with Crippen molar-refractivity contribution < 1.29 is 32.8 Å². The Balaban J connectivity index is 3.45. The van der Waals surface area contributed by atoms with E-state index in [0.717, 1.165) is 6.07 Å². The molecule has 0 bridgehead atoms. The highest BCUT2D eigenvalue weighted by atomic mass is 32.2. The number of hydrogen-bond acceptors (Lipinski definition) is 5. The fraction of sp³-hybridized carbons (Fsp3) is 0.412. The molecule has 0 aromatic heterocycles. The SMILES string of the molecule is C=C(C)C(C)(C)c1c(NCCCS(=O)(=O)O)cc(C(=O)O)cc1C(=O)O. The first-order valence-corrected chi connectivity index (χ1v) is 9.38. The van der Waals surface area contributed by atoms with E-state index in [-0.39, 0.29) is 29.8 Å². The number of carbonyl (C=O) groups is 2. The maximum Gasteiger partial charge on any atom is 0.336 e. The maximum absolute atomic E-state index is 11.7. The number of carboxylic acid groups (broad SMARTS) is 2. The van der Waals surface area contributed by atoms with Crippen LogP contribution in [0.1, 0.15) is 53.5 Å². The van der Waals surface area contributed by atoms with E-state index in [1.54, 1.807) is 20.8 Å². The third-order valence-electron chi connectivity index (χ3n) is 4.20. The van der Waals surface area contributed by atoms with Crippen molar-refractivity contribution in [1.29, 1.82) is 0 Å². The zero-order valence-electron chi connectivity index (χ0n) is 14.9. The van der Waals surface area contributed by atoms with E-state index in [9.17, 15) is 28.2 Å². The molecular formula is C17H23NO7S. The van der Waals surface area contributed by atoms with Crippen LogP contribution < -0.4 is 5.32 Å². The molecule has 0 fully saturated rings. The normalized spacial score (nSPS) is 11.8. The van der Waals surface area contributed by atoms with E-state index in [1.165, 1.54) is 6.07 Å². The minimum Gasteiger partial charge on any atom is -0.478 e. The predicted octanol–water partition coefficient (Wildman–Crippen LogP) is 2.63. The Morgan fingerprint density at radius 2 is 1.77 bits per heavy atom. The summed E-state index contributed by atoms with van der Waals surface area (Å²) in [5, 5.41) is 21.7. The molecule has 1 aromatic rings. The van der Waals surface area contributed by atoms with Crippen LogP contribution in [0.3, 0.4) is 0 Å². The van der Waals surface area contributed by atoms with Gasteiger partial charge in [-0.2, -0.15) is 8.42 Å². The molecule has 0 spiro atoms. The fourth-order valence-electron chi connectivity index (χ4n) is 2.44. The van der Waals surface area contributed by atoms with Gasteiger partial charge in [0.15, 0.2) is 0 Å². The van der Waals surface area contributed by atoms with Gasteiger partial charge in [-0.25, -0.2) is 9.59 Å². The van der Waals surface area contributed by atoms with Gasteiger partial charge in [0.1, 0.15) is 0 Å². The molecule has 4 N–H and O–H groups in total. The monoisotopic (exact) mass is 385 g/mol. The molecular weight excluding hydrogens is 362 g/mol. The summed E-state index contributed by atoms with van der Waals surface area (Å²) in [4.78, 5) is 23.1. The van der Waals surface area contributed by atoms with Crippen molar-refractivity contribution in [3.63, 3.8) is 0 Å². The highest BCUT2D eigenvalue weighted by molar-refractivity contribution is 7.85. The number of hydrogen-bond donors (Lipinski definition) is 4. The van der Waals surface area contributed by atoms with Gasteiger partial charge in [0.25, 0.3) is 10.1 Å². The van der Waals surface area contributed by atoms with Crippen molar-refractivity contribution >= 4 is 27.7 Å². The van der Waals surface area contributed by atoms with Gasteiger partial charge in [0, 0.05) is 17.6 Å². The third-order valence-corrected chi connectivity index (χ3v) is 5.01. The molecule has 144 valence electrons. The smallest absolute Gasteiger partial charge is 0.336 e. The lowest BCUT2D eigenvalue weighted by Crippen LogP contribution is -2.25. The number of aromatic carboxylic acids is 2. The van der Waals surface area contributed by atoms with Crippen LogP contribution in [0.25, 0.3) is 0 Å². The second-order valence-electron chi connectivity index (χ2n) is 6.53. The van der Waals surface area contributed by atoms with Gasteiger partial charge < -0.3 is 15.5 Å². The maximum atomic E-state index is 11.7. The summed E-state index contributed by atoms with van der Waals surface area (Å²) in [6.45, 7) is 9.24. The van der Waals surface area contributed by atoms with Crippen molar-refractivity contribution in [2.75, 3.05) is 17.6 Å². The Morgan fingerprint density at radius 1 is 1.19 bits per heavy atom. The lowest BCUT2D eigenvalue weighted by atomic mass is 9.75. The topological polar surface area (TPSA) is 141 Å². The van der Waals surface area contributed by atoms with Gasteiger partial charge in [0.2, 0.25) is 0 Å². The van der Waals surface area contributed by atoms with Crippen LogP contribution >= 0.6 is 0 Å². The summed E-state index contributed by atoms with van der Waals surface area (Å²) < 4.78 is 30.4. The Bertz CT molecular complexity index is 841. The number of anilines is 1. The van der Waals surface area contributed by atoms with Crippen LogP contribution in [0.15, 0.2) is 24.3 Å². The van der Waals surface area contributed by atoms with E-state index in [1.807, 2.05) is 0 Å². The van der Waals surface area contributed by atoms with Crippen LogP contribution in [-0.4, -0.2) is 47.4 Å². The van der Waals surface area contributed by atoms with Crippen molar-refractivity contribution in [2.45, 2.75) is 32.6 Å². The van der Waals surface area contributed by atoms with Gasteiger partial charge in [-0.15, -0.1) is 0 Å².